The average molecular weight is 609 g/mol. The van der Waals surface area contributed by atoms with E-state index in [1.807, 2.05) is 0 Å². The molecule has 0 heterocycles. The molecular formula is C48H32. The zero-order valence-electron chi connectivity index (χ0n) is 26.5. The lowest BCUT2D eigenvalue weighted by Crippen LogP contribution is -1.96. The summed E-state index contributed by atoms with van der Waals surface area (Å²) in [5.41, 5.74) is 12.4. The normalized spacial score (nSPS) is 11.3. The predicted molar refractivity (Wildman–Crippen MR) is 206 cm³/mol. The molecule has 0 bridgehead atoms. The Balaban J connectivity index is 1.55. The Kier molecular flexibility index (Phi) is 6.91. The van der Waals surface area contributed by atoms with E-state index in [4.69, 9.17) is 0 Å². The molecule has 0 unspecified atom stereocenters. The summed E-state index contributed by atoms with van der Waals surface area (Å²) >= 11 is 0. The van der Waals surface area contributed by atoms with Gasteiger partial charge in [-0.15, -0.1) is 0 Å². The maximum Gasteiger partial charge on any atom is -0.000742 e. The van der Waals surface area contributed by atoms with Gasteiger partial charge < -0.3 is 0 Å². The fraction of sp³-hybridized carbons (Fsp3) is 0. The summed E-state index contributed by atoms with van der Waals surface area (Å²) in [5, 5.41) is 7.53. The lowest BCUT2D eigenvalue weighted by molar-refractivity contribution is 1.60. The molecule has 224 valence electrons. The zero-order valence-corrected chi connectivity index (χ0v) is 26.5. The van der Waals surface area contributed by atoms with Gasteiger partial charge in [0.1, 0.15) is 0 Å². The average Bonchev–Trinajstić information content (AvgIpc) is 3.17. The topological polar surface area (TPSA) is 0 Å². The fourth-order valence-electron chi connectivity index (χ4n) is 7.62. The Morgan fingerprint density at radius 2 is 0.625 bits per heavy atom. The molecule has 0 saturated heterocycles. The van der Waals surface area contributed by atoms with E-state index in [1.54, 1.807) is 0 Å². The monoisotopic (exact) mass is 608 g/mol. The van der Waals surface area contributed by atoms with Crippen LogP contribution in [-0.4, -0.2) is 0 Å². The Hall–Kier alpha value is -6.24. The zero-order chi connectivity index (χ0) is 31.9. The van der Waals surface area contributed by atoms with Crippen molar-refractivity contribution in [1.29, 1.82) is 0 Å². The number of hydrogen-bond donors (Lipinski definition) is 0. The molecule has 0 aliphatic heterocycles. The van der Waals surface area contributed by atoms with Gasteiger partial charge in [-0.1, -0.05) is 188 Å². The van der Waals surface area contributed by atoms with E-state index in [0.717, 1.165) is 0 Å². The molecule has 0 radical (unpaired) electrons. The minimum Gasteiger partial charge on any atom is -0.0622 e. The molecule has 0 aliphatic carbocycles. The smallest absolute Gasteiger partial charge is 0.000742 e. The van der Waals surface area contributed by atoms with E-state index in [2.05, 4.69) is 194 Å². The second-order valence-electron chi connectivity index (χ2n) is 12.4. The number of benzene rings is 9. The lowest BCUT2D eigenvalue weighted by Gasteiger charge is -2.24. The first kappa shape index (κ1) is 28.0. The quantitative estimate of drug-likeness (QED) is 0.171. The van der Waals surface area contributed by atoms with Crippen LogP contribution >= 0.6 is 0 Å². The van der Waals surface area contributed by atoms with Crippen LogP contribution in [-0.2, 0) is 0 Å². The molecule has 0 spiro atoms. The van der Waals surface area contributed by atoms with Crippen LogP contribution in [0.2, 0.25) is 0 Å². The van der Waals surface area contributed by atoms with Crippen molar-refractivity contribution in [1.82, 2.24) is 0 Å². The molecule has 0 aliphatic rings. The third-order valence-corrected chi connectivity index (χ3v) is 9.66. The van der Waals surface area contributed by atoms with Gasteiger partial charge in [0.25, 0.3) is 0 Å². The Labute approximate surface area is 281 Å². The minimum atomic E-state index is 1.21. The number of rotatable bonds is 5. The van der Waals surface area contributed by atoms with Crippen LogP contribution in [0.3, 0.4) is 0 Å². The second kappa shape index (κ2) is 11.8. The first-order valence-corrected chi connectivity index (χ1v) is 16.6. The maximum atomic E-state index is 2.44. The van der Waals surface area contributed by atoms with Crippen molar-refractivity contribution in [3.05, 3.63) is 194 Å². The molecule has 48 heavy (non-hydrogen) atoms. The van der Waals surface area contributed by atoms with Crippen molar-refractivity contribution >= 4 is 32.3 Å². The molecule has 9 aromatic carbocycles. The Morgan fingerprint density at radius 1 is 0.229 bits per heavy atom. The van der Waals surface area contributed by atoms with Crippen molar-refractivity contribution in [2.45, 2.75) is 0 Å². The van der Waals surface area contributed by atoms with Gasteiger partial charge in [0.2, 0.25) is 0 Å². The van der Waals surface area contributed by atoms with E-state index in [1.165, 1.54) is 88.0 Å². The highest BCUT2D eigenvalue weighted by atomic mass is 14.3. The molecule has 0 fully saturated rings. The van der Waals surface area contributed by atoms with Crippen molar-refractivity contribution in [2.24, 2.45) is 0 Å². The molecule has 0 nitrogen and oxygen atoms in total. The lowest BCUT2D eigenvalue weighted by atomic mass is 9.79. The van der Waals surface area contributed by atoms with Crippen LogP contribution in [0.5, 0.6) is 0 Å². The van der Waals surface area contributed by atoms with Crippen LogP contribution in [0.25, 0.3) is 88.0 Å². The third-order valence-electron chi connectivity index (χ3n) is 9.66. The molecule has 9 rings (SSSR count). The number of fused-ring (bicyclic) bond motifs is 3. The summed E-state index contributed by atoms with van der Waals surface area (Å²) < 4.78 is 0. The highest BCUT2D eigenvalue weighted by Crippen LogP contribution is 2.52. The fourth-order valence-corrected chi connectivity index (χ4v) is 7.62. The molecular weight excluding hydrogens is 577 g/mol. The van der Waals surface area contributed by atoms with Gasteiger partial charge in [-0.3, -0.25) is 0 Å². The van der Waals surface area contributed by atoms with E-state index < -0.39 is 0 Å². The van der Waals surface area contributed by atoms with E-state index in [-0.39, 0.29) is 0 Å². The van der Waals surface area contributed by atoms with Crippen LogP contribution in [0, 0.1) is 0 Å². The van der Waals surface area contributed by atoms with Crippen molar-refractivity contribution in [2.75, 3.05) is 0 Å². The third kappa shape index (κ3) is 4.62. The van der Waals surface area contributed by atoms with Gasteiger partial charge in [-0.2, -0.15) is 0 Å². The van der Waals surface area contributed by atoms with Gasteiger partial charge in [-0.25, -0.2) is 0 Å². The summed E-state index contributed by atoms with van der Waals surface area (Å²) in [7, 11) is 0. The number of hydrogen-bond acceptors (Lipinski definition) is 0. The van der Waals surface area contributed by atoms with E-state index in [0.29, 0.717) is 0 Å². The first-order valence-electron chi connectivity index (χ1n) is 16.6. The predicted octanol–water partition coefficient (Wildman–Crippen LogP) is 13.5. The van der Waals surface area contributed by atoms with Gasteiger partial charge in [0.15, 0.2) is 0 Å². The van der Waals surface area contributed by atoms with Gasteiger partial charge in [0.05, 0.1) is 0 Å². The highest BCUT2D eigenvalue weighted by molar-refractivity contribution is 6.30. The van der Waals surface area contributed by atoms with Crippen LogP contribution in [0.4, 0.5) is 0 Å². The van der Waals surface area contributed by atoms with Crippen molar-refractivity contribution in [3.8, 4) is 55.6 Å². The molecule has 0 amide bonds. The maximum absolute atomic E-state index is 2.44. The first-order chi connectivity index (χ1) is 23.9. The van der Waals surface area contributed by atoms with Gasteiger partial charge >= 0.3 is 0 Å². The molecule has 0 heteroatoms. The highest BCUT2D eigenvalue weighted by Gasteiger charge is 2.24. The second-order valence-corrected chi connectivity index (χ2v) is 12.4. The minimum absolute atomic E-state index is 1.21. The molecule has 0 N–H and O–H groups in total. The summed E-state index contributed by atoms with van der Waals surface area (Å²) in [4.78, 5) is 0. The largest absolute Gasteiger partial charge is 0.0622 e. The van der Waals surface area contributed by atoms with Crippen molar-refractivity contribution in [3.63, 3.8) is 0 Å². The van der Waals surface area contributed by atoms with Crippen LogP contribution in [0.15, 0.2) is 194 Å². The SMILES string of the molecule is c1ccc(-c2ccccc2-c2c3ccccc3c(-c3ccccc3-c3ccccc3)c3c(-c4ccccc4)c4ccccc4cc23)cc1. The van der Waals surface area contributed by atoms with E-state index in [9.17, 15) is 0 Å². The molecule has 0 saturated carbocycles. The van der Waals surface area contributed by atoms with Crippen LogP contribution in [0.1, 0.15) is 0 Å². The molecule has 0 aromatic heterocycles. The van der Waals surface area contributed by atoms with Gasteiger partial charge in [-0.05, 0) is 94.0 Å². The summed E-state index contributed by atoms with van der Waals surface area (Å²) in [5.74, 6) is 0. The summed E-state index contributed by atoms with van der Waals surface area (Å²) in [6.45, 7) is 0. The Morgan fingerprint density at radius 3 is 1.19 bits per heavy atom. The van der Waals surface area contributed by atoms with Crippen LogP contribution < -0.4 is 0 Å². The van der Waals surface area contributed by atoms with Crippen molar-refractivity contribution < 1.29 is 0 Å². The van der Waals surface area contributed by atoms with E-state index >= 15 is 0 Å². The Bertz CT molecular complexity index is 2580. The standard InChI is InChI=1S/C48H32/c1-4-18-33(19-5-1)37-25-12-14-28-40(37)46-42-30-16-17-31-43(42)47(41-29-15-13-26-38(41)34-20-6-2-7-21-34)48-44(46)32-36-24-10-11-27-39(36)45(48)35-22-8-3-9-23-35/h1-32H. The molecule has 9 aromatic rings. The van der Waals surface area contributed by atoms with Gasteiger partial charge in [0, 0.05) is 0 Å². The summed E-state index contributed by atoms with van der Waals surface area (Å²) in [6, 6.07) is 70.7. The molecule has 0 atom stereocenters. The summed E-state index contributed by atoms with van der Waals surface area (Å²) in [6.07, 6.45) is 0.